The van der Waals surface area contributed by atoms with E-state index in [0.717, 1.165) is 10.2 Å². The number of anilines is 1. The van der Waals surface area contributed by atoms with Gasteiger partial charge in [0.25, 0.3) is 0 Å². The lowest BCUT2D eigenvalue weighted by Gasteiger charge is -2.05. The second-order valence-electron chi connectivity index (χ2n) is 2.18. The van der Waals surface area contributed by atoms with Crippen LogP contribution in [0.3, 0.4) is 0 Å². The summed E-state index contributed by atoms with van der Waals surface area (Å²) in [5.74, 6) is 1.02. The SMILES string of the molecule is COc1cc(C)c(Br)nc1N. The molecule has 0 aliphatic rings. The van der Waals surface area contributed by atoms with Crippen LogP contribution >= 0.6 is 15.9 Å². The minimum atomic E-state index is 0.407. The van der Waals surface area contributed by atoms with E-state index in [1.807, 2.05) is 13.0 Å². The maximum atomic E-state index is 5.53. The molecule has 1 heterocycles. The van der Waals surface area contributed by atoms with Crippen LogP contribution in [0.2, 0.25) is 0 Å². The average molecular weight is 217 g/mol. The molecule has 0 fully saturated rings. The lowest BCUT2D eigenvalue weighted by atomic mass is 10.3. The summed E-state index contributed by atoms with van der Waals surface area (Å²) < 4.78 is 5.73. The number of rotatable bonds is 1. The molecule has 0 spiro atoms. The van der Waals surface area contributed by atoms with Gasteiger partial charge in [-0.3, -0.25) is 0 Å². The van der Waals surface area contributed by atoms with Crippen molar-refractivity contribution in [3.05, 3.63) is 16.2 Å². The van der Waals surface area contributed by atoms with E-state index in [1.54, 1.807) is 7.11 Å². The summed E-state index contributed by atoms with van der Waals surface area (Å²) in [4.78, 5) is 4.01. The van der Waals surface area contributed by atoms with Gasteiger partial charge in [0.2, 0.25) is 0 Å². The van der Waals surface area contributed by atoms with E-state index < -0.39 is 0 Å². The molecule has 0 bridgehead atoms. The number of methoxy groups -OCH3 is 1. The molecule has 0 saturated heterocycles. The zero-order valence-corrected chi connectivity index (χ0v) is 7.97. The van der Waals surface area contributed by atoms with Crippen molar-refractivity contribution >= 4 is 21.7 Å². The largest absolute Gasteiger partial charge is 0.493 e. The molecule has 0 atom stereocenters. The fourth-order valence-electron chi connectivity index (χ4n) is 0.743. The summed E-state index contributed by atoms with van der Waals surface area (Å²) >= 11 is 3.26. The maximum Gasteiger partial charge on any atom is 0.167 e. The third kappa shape index (κ3) is 1.63. The zero-order chi connectivity index (χ0) is 8.43. The quantitative estimate of drug-likeness (QED) is 0.729. The smallest absolute Gasteiger partial charge is 0.167 e. The number of aromatic nitrogens is 1. The minimum absolute atomic E-state index is 0.407. The highest BCUT2D eigenvalue weighted by Crippen LogP contribution is 2.24. The molecule has 0 aliphatic heterocycles. The van der Waals surface area contributed by atoms with Gasteiger partial charge >= 0.3 is 0 Å². The van der Waals surface area contributed by atoms with Crippen LogP contribution in [-0.4, -0.2) is 12.1 Å². The number of pyridine rings is 1. The third-order valence-corrected chi connectivity index (χ3v) is 2.17. The lowest BCUT2D eigenvalue weighted by molar-refractivity contribution is 0.415. The molecule has 0 saturated carbocycles. The Kier molecular flexibility index (Phi) is 2.34. The average Bonchev–Trinajstić information content (AvgIpc) is 1.97. The Bertz CT molecular complexity index is 275. The molecule has 3 nitrogen and oxygen atoms in total. The molecule has 0 aromatic carbocycles. The van der Waals surface area contributed by atoms with Crippen LogP contribution in [0.5, 0.6) is 5.75 Å². The van der Waals surface area contributed by atoms with Crippen molar-refractivity contribution in [2.24, 2.45) is 0 Å². The topological polar surface area (TPSA) is 48.1 Å². The van der Waals surface area contributed by atoms with Gasteiger partial charge in [0, 0.05) is 0 Å². The van der Waals surface area contributed by atoms with Crippen molar-refractivity contribution in [1.82, 2.24) is 4.98 Å². The molecule has 1 rings (SSSR count). The molecular formula is C7H9BrN2O. The lowest BCUT2D eigenvalue weighted by Crippen LogP contribution is -1.97. The van der Waals surface area contributed by atoms with Crippen molar-refractivity contribution in [3.63, 3.8) is 0 Å². The Hall–Kier alpha value is -0.770. The van der Waals surface area contributed by atoms with Crippen molar-refractivity contribution in [2.75, 3.05) is 12.8 Å². The Morgan fingerprint density at radius 3 is 2.82 bits per heavy atom. The van der Waals surface area contributed by atoms with E-state index in [9.17, 15) is 0 Å². The number of nitrogens with zero attached hydrogens (tertiary/aromatic N) is 1. The van der Waals surface area contributed by atoms with Gasteiger partial charge in [-0.25, -0.2) is 4.98 Å². The van der Waals surface area contributed by atoms with Crippen molar-refractivity contribution in [3.8, 4) is 5.75 Å². The number of aryl methyl sites for hydroxylation is 1. The van der Waals surface area contributed by atoms with Crippen molar-refractivity contribution in [1.29, 1.82) is 0 Å². The number of nitrogen functional groups attached to an aromatic ring is 1. The molecular weight excluding hydrogens is 208 g/mol. The first-order chi connectivity index (χ1) is 5.15. The molecule has 2 N–H and O–H groups in total. The molecule has 1 aromatic rings. The van der Waals surface area contributed by atoms with Crippen LogP contribution in [0.25, 0.3) is 0 Å². The number of hydrogen-bond donors (Lipinski definition) is 1. The number of hydrogen-bond acceptors (Lipinski definition) is 3. The fourth-order valence-corrected chi connectivity index (χ4v) is 1.05. The first-order valence-corrected chi connectivity index (χ1v) is 3.91. The van der Waals surface area contributed by atoms with Crippen LogP contribution < -0.4 is 10.5 Å². The summed E-state index contributed by atoms with van der Waals surface area (Å²) in [7, 11) is 1.57. The highest BCUT2D eigenvalue weighted by molar-refractivity contribution is 9.10. The van der Waals surface area contributed by atoms with Crippen LogP contribution in [0.4, 0.5) is 5.82 Å². The van der Waals surface area contributed by atoms with Gasteiger partial charge < -0.3 is 10.5 Å². The Morgan fingerprint density at radius 1 is 1.64 bits per heavy atom. The standard InChI is InChI=1S/C7H9BrN2O/c1-4-3-5(11-2)7(9)10-6(4)8/h3H,1-2H3,(H2,9,10). The maximum absolute atomic E-state index is 5.53. The van der Waals surface area contributed by atoms with E-state index in [-0.39, 0.29) is 0 Å². The summed E-state index contributed by atoms with van der Waals surface area (Å²) in [5, 5.41) is 0. The Labute approximate surface area is 73.7 Å². The van der Waals surface area contributed by atoms with Gasteiger partial charge in [0.15, 0.2) is 11.6 Å². The highest BCUT2D eigenvalue weighted by Gasteiger charge is 2.03. The van der Waals surface area contributed by atoms with Gasteiger partial charge in [0.1, 0.15) is 4.60 Å². The van der Waals surface area contributed by atoms with Crippen LogP contribution in [0.1, 0.15) is 5.56 Å². The van der Waals surface area contributed by atoms with E-state index in [1.165, 1.54) is 0 Å². The monoisotopic (exact) mass is 216 g/mol. The summed E-state index contributed by atoms with van der Waals surface area (Å²) in [6, 6.07) is 1.84. The first-order valence-electron chi connectivity index (χ1n) is 3.11. The molecule has 60 valence electrons. The number of nitrogens with two attached hydrogens (primary N) is 1. The van der Waals surface area contributed by atoms with E-state index in [0.29, 0.717) is 11.6 Å². The zero-order valence-electron chi connectivity index (χ0n) is 6.39. The predicted octanol–water partition coefficient (Wildman–Crippen LogP) is 1.74. The van der Waals surface area contributed by atoms with Crippen LogP contribution in [0, 0.1) is 6.92 Å². The van der Waals surface area contributed by atoms with E-state index >= 15 is 0 Å². The molecule has 1 aromatic heterocycles. The molecule has 0 amide bonds. The van der Waals surface area contributed by atoms with Crippen molar-refractivity contribution in [2.45, 2.75) is 6.92 Å². The fraction of sp³-hybridized carbons (Fsp3) is 0.286. The predicted molar refractivity (Wildman–Crippen MR) is 47.6 cm³/mol. The summed E-state index contributed by atoms with van der Waals surface area (Å²) in [6.45, 7) is 1.93. The molecule has 0 unspecified atom stereocenters. The first kappa shape index (κ1) is 8.33. The minimum Gasteiger partial charge on any atom is -0.493 e. The second-order valence-corrected chi connectivity index (χ2v) is 2.93. The van der Waals surface area contributed by atoms with Gasteiger partial charge in [-0.05, 0) is 34.5 Å². The molecule has 11 heavy (non-hydrogen) atoms. The van der Waals surface area contributed by atoms with Gasteiger partial charge in [-0.15, -0.1) is 0 Å². The molecule has 4 heteroatoms. The van der Waals surface area contributed by atoms with Gasteiger partial charge in [-0.1, -0.05) is 0 Å². The van der Waals surface area contributed by atoms with Crippen LogP contribution in [0.15, 0.2) is 10.7 Å². The normalized spacial score (nSPS) is 9.73. The van der Waals surface area contributed by atoms with Crippen molar-refractivity contribution < 1.29 is 4.74 Å². The van der Waals surface area contributed by atoms with Gasteiger partial charge in [-0.2, -0.15) is 0 Å². The second kappa shape index (κ2) is 3.09. The van der Waals surface area contributed by atoms with E-state index in [2.05, 4.69) is 20.9 Å². The van der Waals surface area contributed by atoms with Gasteiger partial charge in [0.05, 0.1) is 7.11 Å². The van der Waals surface area contributed by atoms with E-state index in [4.69, 9.17) is 10.5 Å². The number of ether oxygens (including phenoxy) is 1. The molecule has 0 radical (unpaired) electrons. The Morgan fingerprint density at radius 2 is 2.27 bits per heavy atom. The summed E-state index contributed by atoms with van der Waals surface area (Å²) in [5.41, 5.74) is 6.54. The number of halogens is 1. The Balaban J connectivity index is 3.21. The highest BCUT2D eigenvalue weighted by atomic mass is 79.9. The summed E-state index contributed by atoms with van der Waals surface area (Å²) in [6.07, 6.45) is 0. The van der Waals surface area contributed by atoms with Crippen LogP contribution in [-0.2, 0) is 0 Å². The third-order valence-electron chi connectivity index (χ3n) is 1.36. The molecule has 0 aliphatic carbocycles.